The number of nitrogens with zero attached hydrogens (tertiary/aromatic N) is 1. The second kappa shape index (κ2) is 7.32. The number of Topliss-reactive ketones (excluding diaryl/α,β-unsaturated/α-hetero) is 1. The maximum Gasteiger partial charge on any atom is 0.435 e. The molecule has 2 aromatic carbocycles. The van der Waals surface area contributed by atoms with Gasteiger partial charge in [-0.3, -0.25) is 9.59 Å². The van der Waals surface area contributed by atoms with Crippen LogP contribution in [0, 0.1) is 0 Å². The van der Waals surface area contributed by atoms with E-state index >= 15 is 0 Å². The van der Waals surface area contributed by atoms with Crippen molar-refractivity contribution in [2.24, 2.45) is 0 Å². The van der Waals surface area contributed by atoms with Crippen molar-refractivity contribution < 1.29 is 22.8 Å². The summed E-state index contributed by atoms with van der Waals surface area (Å²) in [5.41, 5.74) is 0.00277. The Balaban J connectivity index is 1.93. The molecule has 1 amide bonds. The molecule has 0 unspecified atom stereocenters. The third kappa shape index (κ3) is 4.22. The average Bonchev–Trinajstić information content (AvgIpc) is 3.09. The maximum atomic E-state index is 13.3. The minimum atomic E-state index is -4.76. The van der Waals surface area contributed by atoms with Gasteiger partial charge in [0.25, 0.3) is 5.91 Å². The highest BCUT2D eigenvalue weighted by atomic mass is 32.1. The van der Waals surface area contributed by atoms with Crippen molar-refractivity contribution >= 4 is 28.7 Å². The minimum absolute atomic E-state index is 0.111. The molecule has 0 radical (unpaired) electrons. The van der Waals surface area contributed by atoms with Crippen LogP contribution < -0.4 is 5.32 Å². The number of hydrogen-bond acceptors (Lipinski definition) is 4. The number of ketones is 1. The van der Waals surface area contributed by atoms with Gasteiger partial charge in [-0.2, -0.15) is 13.2 Å². The molecule has 8 heteroatoms. The molecule has 1 heterocycles. The fourth-order valence-electron chi connectivity index (χ4n) is 2.35. The monoisotopic (exact) mass is 390 g/mol. The van der Waals surface area contributed by atoms with E-state index in [9.17, 15) is 22.8 Å². The lowest BCUT2D eigenvalue weighted by Crippen LogP contribution is -2.17. The highest BCUT2D eigenvalue weighted by Gasteiger charge is 2.39. The lowest BCUT2D eigenvalue weighted by molar-refractivity contribution is -0.141. The summed E-state index contributed by atoms with van der Waals surface area (Å²) in [6, 6.07) is 14.3. The van der Waals surface area contributed by atoms with E-state index in [0.29, 0.717) is 22.5 Å². The second-order valence-electron chi connectivity index (χ2n) is 5.65. The summed E-state index contributed by atoms with van der Waals surface area (Å²) in [7, 11) is 0. The first-order chi connectivity index (χ1) is 12.8. The van der Waals surface area contributed by atoms with Gasteiger partial charge < -0.3 is 5.32 Å². The zero-order valence-electron chi connectivity index (χ0n) is 14.0. The Morgan fingerprint density at radius 3 is 2.19 bits per heavy atom. The Hall–Kier alpha value is -3.00. The molecular weight excluding hydrogens is 377 g/mol. The number of nitrogens with one attached hydrogen (secondary N) is 1. The normalized spacial score (nSPS) is 11.3. The lowest BCUT2D eigenvalue weighted by Gasteiger charge is -2.07. The number of alkyl halides is 3. The van der Waals surface area contributed by atoms with Gasteiger partial charge in [0.05, 0.1) is 0 Å². The molecule has 0 saturated heterocycles. The number of halogens is 3. The van der Waals surface area contributed by atoms with E-state index in [4.69, 9.17) is 0 Å². The average molecular weight is 390 g/mol. The summed E-state index contributed by atoms with van der Waals surface area (Å²) in [4.78, 5) is 26.8. The molecule has 0 aliphatic heterocycles. The van der Waals surface area contributed by atoms with Crippen LogP contribution in [0.4, 0.5) is 18.9 Å². The topological polar surface area (TPSA) is 59.1 Å². The van der Waals surface area contributed by atoms with E-state index < -0.39 is 22.7 Å². The molecule has 3 rings (SSSR count). The molecule has 138 valence electrons. The summed E-state index contributed by atoms with van der Waals surface area (Å²) in [6.45, 7) is 1.39. The molecule has 1 aromatic heterocycles. The summed E-state index contributed by atoms with van der Waals surface area (Å²) in [5.74, 6) is -1.06. The predicted molar refractivity (Wildman–Crippen MR) is 97.0 cm³/mol. The molecule has 3 aromatic rings. The Kier molecular flexibility index (Phi) is 5.09. The molecule has 0 bridgehead atoms. The zero-order valence-corrected chi connectivity index (χ0v) is 14.8. The highest BCUT2D eigenvalue weighted by molar-refractivity contribution is 7.17. The van der Waals surface area contributed by atoms with Gasteiger partial charge in [0, 0.05) is 16.8 Å². The highest BCUT2D eigenvalue weighted by Crippen LogP contribution is 2.38. The third-order valence-electron chi connectivity index (χ3n) is 3.67. The quantitative estimate of drug-likeness (QED) is 0.617. The van der Waals surface area contributed by atoms with Crippen molar-refractivity contribution in [3.05, 3.63) is 70.7 Å². The van der Waals surface area contributed by atoms with Crippen LogP contribution in [-0.2, 0) is 6.18 Å². The summed E-state index contributed by atoms with van der Waals surface area (Å²) < 4.78 is 40.0. The van der Waals surface area contributed by atoms with Crippen LogP contribution in [-0.4, -0.2) is 16.7 Å². The minimum Gasteiger partial charge on any atom is -0.321 e. The van der Waals surface area contributed by atoms with Gasteiger partial charge in [0.2, 0.25) is 0 Å². The number of thiazole rings is 1. The van der Waals surface area contributed by atoms with E-state index in [0.717, 1.165) is 0 Å². The van der Waals surface area contributed by atoms with Crippen LogP contribution in [0.25, 0.3) is 10.6 Å². The van der Waals surface area contributed by atoms with Crippen LogP contribution in [0.1, 0.15) is 32.6 Å². The Labute approximate surface area is 156 Å². The van der Waals surface area contributed by atoms with Crippen LogP contribution >= 0.6 is 11.3 Å². The van der Waals surface area contributed by atoms with Crippen molar-refractivity contribution in [3.63, 3.8) is 0 Å². The molecule has 0 atom stereocenters. The Bertz CT molecular complexity index is 980. The molecule has 0 spiro atoms. The van der Waals surface area contributed by atoms with Crippen LogP contribution in [0.5, 0.6) is 0 Å². The summed E-state index contributed by atoms with van der Waals surface area (Å²) in [6.07, 6.45) is -4.76. The molecule has 0 aliphatic rings. The molecule has 4 nitrogen and oxygen atoms in total. The van der Waals surface area contributed by atoms with Gasteiger partial charge in [-0.15, -0.1) is 11.3 Å². The van der Waals surface area contributed by atoms with Crippen molar-refractivity contribution in [1.29, 1.82) is 0 Å². The van der Waals surface area contributed by atoms with E-state index in [2.05, 4.69) is 10.3 Å². The number of aromatic nitrogens is 1. The SMILES string of the molecule is CC(=O)c1ccc(NC(=O)c2sc(-c3ccccc3)nc2C(F)(F)F)cc1. The standard InChI is InChI=1S/C19H13F3N2O2S/c1-11(25)12-7-9-14(10-8-12)23-17(26)15-16(19(20,21)22)24-18(27-15)13-5-3-2-4-6-13/h2-10H,1H3,(H,23,26). The second-order valence-corrected chi connectivity index (χ2v) is 6.65. The molecule has 0 aliphatic carbocycles. The van der Waals surface area contributed by atoms with Gasteiger partial charge in [-0.1, -0.05) is 30.3 Å². The molecular formula is C19H13F3N2O2S. The molecule has 27 heavy (non-hydrogen) atoms. The number of carbonyl (C=O) groups excluding carboxylic acids is 2. The zero-order chi connectivity index (χ0) is 19.6. The lowest BCUT2D eigenvalue weighted by atomic mass is 10.1. The first kappa shape index (κ1) is 18.8. The Morgan fingerprint density at radius 2 is 1.63 bits per heavy atom. The number of benzene rings is 2. The van der Waals surface area contributed by atoms with Crippen molar-refractivity contribution in [1.82, 2.24) is 4.98 Å². The molecule has 0 saturated carbocycles. The summed E-state index contributed by atoms with van der Waals surface area (Å²) in [5, 5.41) is 2.53. The van der Waals surface area contributed by atoms with Crippen molar-refractivity contribution in [2.45, 2.75) is 13.1 Å². The first-order valence-electron chi connectivity index (χ1n) is 7.81. The number of hydrogen-bond donors (Lipinski definition) is 1. The van der Waals surface area contributed by atoms with Gasteiger partial charge in [0.15, 0.2) is 11.5 Å². The van der Waals surface area contributed by atoms with E-state index in [1.54, 1.807) is 30.3 Å². The largest absolute Gasteiger partial charge is 0.435 e. The fraction of sp³-hybridized carbons (Fsp3) is 0.105. The van der Waals surface area contributed by atoms with E-state index in [1.807, 2.05) is 0 Å². The maximum absolute atomic E-state index is 13.3. The van der Waals surface area contributed by atoms with Gasteiger partial charge in [-0.05, 0) is 31.2 Å². The fourth-order valence-corrected chi connectivity index (χ4v) is 3.33. The van der Waals surface area contributed by atoms with Gasteiger partial charge >= 0.3 is 6.18 Å². The number of rotatable bonds is 4. The van der Waals surface area contributed by atoms with Gasteiger partial charge in [-0.25, -0.2) is 4.98 Å². The third-order valence-corrected chi connectivity index (χ3v) is 4.78. The molecule has 1 N–H and O–H groups in total. The van der Waals surface area contributed by atoms with Crippen LogP contribution in [0.3, 0.4) is 0 Å². The number of anilines is 1. The van der Waals surface area contributed by atoms with Gasteiger partial charge in [0.1, 0.15) is 9.88 Å². The van der Waals surface area contributed by atoms with Crippen molar-refractivity contribution in [3.8, 4) is 10.6 Å². The van der Waals surface area contributed by atoms with Crippen molar-refractivity contribution in [2.75, 3.05) is 5.32 Å². The van der Waals surface area contributed by atoms with E-state index in [1.165, 1.54) is 31.2 Å². The number of carbonyl (C=O) groups is 2. The summed E-state index contributed by atoms with van der Waals surface area (Å²) >= 11 is 0.678. The smallest absolute Gasteiger partial charge is 0.321 e. The van der Waals surface area contributed by atoms with Crippen LogP contribution in [0.15, 0.2) is 54.6 Å². The predicted octanol–water partition coefficient (Wildman–Crippen LogP) is 5.28. The number of amides is 1. The molecule has 0 fully saturated rings. The van der Waals surface area contributed by atoms with Crippen LogP contribution in [0.2, 0.25) is 0 Å². The first-order valence-corrected chi connectivity index (χ1v) is 8.63. The Morgan fingerprint density at radius 1 is 1.00 bits per heavy atom. The van der Waals surface area contributed by atoms with E-state index in [-0.39, 0.29) is 16.5 Å².